The number of hydrogen-bond donors (Lipinski definition) is 1. The number of carbonyl (C=O) groups excluding carboxylic acids is 2. The molecular formula is C24H31FN2O3. The number of carbonyl (C=O) groups is 2. The van der Waals surface area contributed by atoms with Crippen molar-refractivity contribution in [3.8, 4) is 5.75 Å². The largest absolute Gasteiger partial charge is 0.481 e. The van der Waals surface area contributed by atoms with Crippen LogP contribution in [0.3, 0.4) is 0 Å². The molecule has 0 bridgehead atoms. The number of benzene rings is 2. The summed E-state index contributed by atoms with van der Waals surface area (Å²) < 4.78 is 19.3. The van der Waals surface area contributed by atoms with Crippen LogP contribution in [0.1, 0.15) is 38.3 Å². The Kier molecular flexibility index (Phi) is 8.84. The first-order valence-corrected chi connectivity index (χ1v) is 10.3. The van der Waals surface area contributed by atoms with Crippen molar-refractivity contribution in [1.29, 1.82) is 0 Å². The number of aryl methyl sites for hydroxylation is 1. The fraction of sp³-hybridized carbons (Fsp3) is 0.417. The van der Waals surface area contributed by atoms with Crippen LogP contribution in [0.15, 0.2) is 48.5 Å². The minimum Gasteiger partial charge on any atom is -0.481 e. The van der Waals surface area contributed by atoms with Crippen LogP contribution >= 0.6 is 0 Å². The van der Waals surface area contributed by atoms with Crippen LogP contribution < -0.4 is 10.1 Å². The summed E-state index contributed by atoms with van der Waals surface area (Å²) in [6.45, 7) is 8.33. The second-order valence-electron chi connectivity index (χ2n) is 7.79. The summed E-state index contributed by atoms with van der Waals surface area (Å²) in [7, 11) is 0. The first-order valence-electron chi connectivity index (χ1n) is 10.3. The normalized spacial score (nSPS) is 11.8. The molecule has 2 amide bonds. The van der Waals surface area contributed by atoms with Gasteiger partial charge in [0.05, 0.1) is 0 Å². The molecule has 2 aromatic carbocycles. The molecule has 2 aromatic rings. The molecule has 0 aromatic heterocycles. The molecule has 162 valence electrons. The molecule has 0 aliphatic heterocycles. The van der Waals surface area contributed by atoms with E-state index in [-0.39, 0.29) is 30.7 Å². The summed E-state index contributed by atoms with van der Waals surface area (Å²) >= 11 is 0. The van der Waals surface area contributed by atoms with Gasteiger partial charge in [0.2, 0.25) is 5.91 Å². The molecule has 0 aliphatic rings. The minimum absolute atomic E-state index is 0.0127. The Hall–Kier alpha value is -2.89. The Morgan fingerprint density at radius 2 is 1.87 bits per heavy atom. The van der Waals surface area contributed by atoms with E-state index in [1.54, 1.807) is 12.1 Å². The van der Waals surface area contributed by atoms with Crippen molar-refractivity contribution >= 4 is 11.8 Å². The van der Waals surface area contributed by atoms with E-state index in [1.165, 1.54) is 17.0 Å². The molecule has 0 saturated carbocycles. The van der Waals surface area contributed by atoms with Crippen molar-refractivity contribution in [2.45, 2.75) is 46.7 Å². The average molecular weight is 415 g/mol. The van der Waals surface area contributed by atoms with Crippen molar-refractivity contribution in [3.63, 3.8) is 0 Å². The lowest BCUT2D eigenvalue weighted by atomic mass is 10.1. The molecule has 0 radical (unpaired) electrons. The van der Waals surface area contributed by atoms with E-state index < -0.39 is 11.9 Å². The van der Waals surface area contributed by atoms with Gasteiger partial charge in [-0.2, -0.15) is 0 Å². The van der Waals surface area contributed by atoms with E-state index in [2.05, 4.69) is 5.32 Å². The molecule has 0 spiro atoms. The topological polar surface area (TPSA) is 58.6 Å². The molecule has 6 heteroatoms. The molecule has 5 nitrogen and oxygen atoms in total. The summed E-state index contributed by atoms with van der Waals surface area (Å²) in [6.07, 6.45) is 0.460. The number of amides is 2. The van der Waals surface area contributed by atoms with E-state index in [0.717, 1.165) is 11.1 Å². The number of nitrogens with zero attached hydrogens (tertiary/aromatic N) is 1. The Bertz CT molecular complexity index is 854. The van der Waals surface area contributed by atoms with Gasteiger partial charge in [-0.1, -0.05) is 62.7 Å². The van der Waals surface area contributed by atoms with Crippen LogP contribution in [0.4, 0.5) is 4.39 Å². The number of hydrogen-bond acceptors (Lipinski definition) is 3. The molecule has 0 saturated heterocycles. The summed E-state index contributed by atoms with van der Waals surface area (Å²) in [5.74, 6) is -0.780. The smallest absolute Gasteiger partial charge is 0.261 e. The Balaban J connectivity index is 2.21. The highest BCUT2D eigenvalue weighted by atomic mass is 19.1. The second kappa shape index (κ2) is 11.3. The average Bonchev–Trinajstić information content (AvgIpc) is 2.71. The maximum absolute atomic E-state index is 13.8. The van der Waals surface area contributed by atoms with Crippen LogP contribution in [-0.2, 0) is 16.1 Å². The van der Waals surface area contributed by atoms with Crippen molar-refractivity contribution in [2.24, 2.45) is 5.92 Å². The van der Waals surface area contributed by atoms with Crippen molar-refractivity contribution in [1.82, 2.24) is 10.2 Å². The third kappa shape index (κ3) is 6.87. The third-order valence-electron chi connectivity index (χ3n) is 4.69. The predicted octanol–water partition coefficient (Wildman–Crippen LogP) is 4.09. The summed E-state index contributed by atoms with van der Waals surface area (Å²) in [5, 5.41) is 2.91. The van der Waals surface area contributed by atoms with Crippen LogP contribution in [0.25, 0.3) is 0 Å². The lowest BCUT2D eigenvalue weighted by Gasteiger charge is -2.31. The first-order chi connectivity index (χ1) is 14.3. The fourth-order valence-corrected chi connectivity index (χ4v) is 3.13. The second-order valence-corrected chi connectivity index (χ2v) is 7.79. The molecule has 1 N–H and O–H groups in total. The van der Waals surface area contributed by atoms with Crippen LogP contribution in [0.5, 0.6) is 5.75 Å². The van der Waals surface area contributed by atoms with Gasteiger partial charge < -0.3 is 15.0 Å². The van der Waals surface area contributed by atoms with Crippen molar-refractivity contribution in [2.75, 3.05) is 13.2 Å². The van der Waals surface area contributed by atoms with Crippen LogP contribution in [0, 0.1) is 18.7 Å². The molecule has 1 unspecified atom stereocenters. The molecule has 30 heavy (non-hydrogen) atoms. The van der Waals surface area contributed by atoms with Gasteiger partial charge in [0.15, 0.2) is 18.2 Å². The lowest BCUT2D eigenvalue weighted by Crippen LogP contribution is -2.50. The Labute approximate surface area is 178 Å². The van der Waals surface area contributed by atoms with E-state index in [9.17, 15) is 14.0 Å². The zero-order valence-electron chi connectivity index (χ0n) is 18.2. The van der Waals surface area contributed by atoms with Gasteiger partial charge in [-0.15, -0.1) is 0 Å². The molecule has 0 aliphatic carbocycles. The molecule has 1 atom stereocenters. The van der Waals surface area contributed by atoms with Gasteiger partial charge in [-0.25, -0.2) is 4.39 Å². The predicted molar refractivity (Wildman–Crippen MR) is 116 cm³/mol. The molecular weight excluding hydrogens is 383 g/mol. The van der Waals surface area contributed by atoms with Gasteiger partial charge in [0.25, 0.3) is 5.91 Å². The summed E-state index contributed by atoms with van der Waals surface area (Å²) in [6, 6.07) is 13.1. The number of ether oxygens (including phenoxy) is 1. The quantitative estimate of drug-likeness (QED) is 0.637. The van der Waals surface area contributed by atoms with Crippen molar-refractivity contribution < 1.29 is 18.7 Å². The van der Waals surface area contributed by atoms with Crippen LogP contribution in [0.2, 0.25) is 0 Å². The number of para-hydroxylation sites is 1. The maximum Gasteiger partial charge on any atom is 0.261 e. The highest BCUT2D eigenvalue weighted by Gasteiger charge is 2.29. The van der Waals surface area contributed by atoms with E-state index in [0.29, 0.717) is 18.9 Å². The van der Waals surface area contributed by atoms with Gasteiger partial charge in [0.1, 0.15) is 6.04 Å². The summed E-state index contributed by atoms with van der Waals surface area (Å²) in [4.78, 5) is 27.4. The molecule has 0 fully saturated rings. The standard InChI is InChI=1S/C24H31FN2O3/c1-5-21(24(29)26-14-17(2)3)27(15-19-10-8-9-18(4)13-19)23(28)16-30-22-12-7-6-11-20(22)25/h6-13,17,21H,5,14-16H2,1-4H3,(H,26,29). The van der Waals surface area contributed by atoms with Gasteiger partial charge in [-0.3, -0.25) is 9.59 Å². The maximum atomic E-state index is 13.8. The van der Waals surface area contributed by atoms with E-state index in [4.69, 9.17) is 4.74 Å². The Morgan fingerprint density at radius 3 is 2.50 bits per heavy atom. The zero-order chi connectivity index (χ0) is 22.1. The number of nitrogens with one attached hydrogen (secondary N) is 1. The molecule has 0 heterocycles. The highest BCUT2D eigenvalue weighted by Crippen LogP contribution is 2.17. The minimum atomic E-state index is -0.638. The monoisotopic (exact) mass is 414 g/mol. The third-order valence-corrected chi connectivity index (χ3v) is 4.69. The summed E-state index contributed by atoms with van der Waals surface area (Å²) in [5.41, 5.74) is 1.99. The first kappa shape index (κ1) is 23.4. The zero-order valence-corrected chi connectivity index (χ0v) is 18.2. The van der Waals surface area contributed by atoms with E-state index in [1.807, 2.05) is 52.0 Å². The van der Waals surface area contributed by atoms with Crippen molar-refractivity contribution in [3.05, 3.63) is 65.5 Å². The fourth-order valence-electron chi connectivity index (χ4n) is 3.13. The number of rotatable bonds is 10. The van der Waals surface area contributed by atoms with Gasteiger partial charge in [0, 0.05) is 13.1 Å². The highest BCUT2D eigenvalue weighted by molar-refractivity contribution is 5.88. The van der Waals surface area contributed by atoms with Gasteiger partial charge >= 0.3 is 0 Å². The SMILES string of the molecule is CCC(C(=O)NCC(C)C)N(Cc1cccc(C)c1)C(=O)COc1ccccc1F. The Morgan fingerprint density at radius 1 is 1.13 bits per heavy atom. The molecule has 2 rings (SSSR count). The lowest BCUT2D eigenvalue weighted by molar-refractivity contribution is -0.143. The van der Waals surface area contributed by atoms with E-state index >= 15 is 0 Å². The number of halogens is 1. The van der Waals surface area contributed by atoms with Crippen LogP contribution in [-0.4, -0.2) is 35.9 Å². The van der Waals surface area contributed by atoms with Gasteiger partial charge in [-0.05, 0) is 37.0 Å².